The van der Waals surface area contributed by atoms with E-state index in [1.165, 1.54) is 0 Å². The molecule has 1 aromatic carbocycles. The molecule has 6 nitrogen and oxygen atoms in total. The van der Waals surface area contributed by atoms with Gasteiger partial charge in [-0.3, -0.25) is 14.4 Å². The molecule has 0 aromatic heterocycles. The first-order valence-electron chi connectivity index (χ1n) is 8.10. The van der Waals surface area contributed by atoms with Crippen molar-refractivity contribution in [2.24, 2.45) is 0 Å². The zero-order chi connectivity index (χ0) is 18.4. The first kappa shape index (κ1) is 19.5. The number of carbonyl (C=O) groups excluding carboxylic acids is 3. The van der Waals surface area contributed by atoms with Crippen LogP contribution in [0.4, 0.5) is 0 Å². The smallest absolute Gasteiger partial charge is 0.306 e. The highest BCUT2D eigenvalue weighted by atomic mass is 35.5. The van der Waals surface area contributed by atoms with Crippen LogP contribution in [0.2, 0.25) is 10.0 Å². The lowest BCUT2D eigenvalue weighted by Crippen LogP contribution is -2.50. The average Bonchev–Trinajstić information content (AvgIpc) is 2.61. The van der Waals surface area contributed by atoms with Gasteiger partial charge in [-0.1, -0.05) is 23.2 Å². The van der Waals surface area contributed by atoms with Gasteiger partial charge in [-0.25, -0.2) is 0 Å². The van der Waals surface area contributed by atoms with Gasteiger partial charge in [-0.05, 0) is 25.1 Å². The van der Waals surface area contributed by atoms with Crippen LogP contribution in [0.5, 0.6) is 0 Å². The monoisotopic (exact) mass is 386 g/mol. The lowest BCUT2D eigenvalue weighted by molar-refractivity contribution is -0.146. The Labute approximate surface area is 156 Å². The second kappa shape index (κ2) is 9.06. The van der Waals surface area contributed by atoms with Gasteiger partial charge in [0, 0.05) is 37.6 Å². The van der Waals surface area contributed by atoms with Crippen molar-refractivity contribution in [1.82, 2.24) is 9.80 Å². The fourth-order valence-corrected chi connectivity index (χ4v) is 2.96. The molecular formula is C17H20Cl2N2O4. The Morgan fingerprint density at radius 1 is 1.04 bits per heavy atom. The van der Waals surface area contributed by atoms with Gasteiger partial charge in [0.05, 0.1) is 23.6 Å². The molecule has 0 N–H and O–H groups in total. The van der Waals surface area contributed by atoms with E-state index < -0.39 is 0 Å². The molecule has 1 fully saturated rings. The molecule has 0 aliphatic carbocycles. The van der Waals surface area contributed by atoms with Crippen molar-refractivity contribution in [2.75, 3.05) is 32.8 Å². The highest BCUT2D eigenvalue weighted by Crippen LogP contribution is 2.22. The molecule has 2 rings (SSSR count). The lowest BCUT2D eigenvalue weighted by atomic mass is 10.1. The van der Waals surface area contributed by atoms with Crippen molar-refractivity contribution in [1.29, 1.82) is 0 Å². The van der Waals surface area contributed by atoms with Crippen molar-refractivity contribution >= 4 is 41.0 Å². The zero-order valence-electron chi connectivity index (χ0n) is 14.0. The summed E-state index contributed by atoms with van der Waals surface area (Å²) in [4.78, 5) is 39.3. The van der Waals surface area contributed by atoms with Gasteiger partial charge in [-0.2, -0.15) is 0 Å². The van der Waals surface area contributed by atoms with E-state index in [4.69, 9.17) is 27.9 Å². The summed E-state index contributed by atoms with van der Waals surface area (Å²) in [6, 6.07) is 4.76. The minimum atomic E-state index is -0.375. The lowest BCUT2D eigenvalue weighted by Gasteiger charge is -2.35. The van der Waals surface area contributed by atoms with Crippen LogP contribution in [0, 0.1) is 0 Å². The SMILES string of the molecule is CCOC(=O)CCC(=O)N1CCN(C(=O)c2cc(Cl)ccc2Cl)CC1. The van der Waals surface area contributed by atoms with E-state index in [9.17, 15) is 14.4 Å². The van der Waals surface area contributed by atoms with Crippen LogP contribution in [0.25, 0.3) is 0 Å². The summed E-state index contributed by atoms with van der Waals surface area (Å²) in [5.41, 5.74) is 0.358. The molecule has 2 amide bonds. The fraction of sp³-hybridized carbons (Fsp3) is 0.471. The van der Waals surface area contributed by atoms with E-state index in [2.05, 4.69) is 0 Å². The molecule has 0 unspecified atom stereocenters. The minimum Gasteiger partial charge on any atom is -0.466 e. The van der Waals surface area contributed by atoms with E-state index in [1.807, 2.05) is 0 Å². The molecule has 1 saturated heterocycles. The van der Waals surface area contributed by atoms with E-state index >= 15 is 0 Å². The second-order valence-corrected chi connectivity index (χ2v) is 6.45. The number of rotatable bonds is 5. The Balaban J connectivity index is 1.86. The molecule has 0 spiro atoms. The molecule has 8 heteroatoms. The molecule has 1 aromatic rings. The van der Waals surface area contributed by atoms with E-state index in [0.717, 1.165) is 0 Å². The number of carbonyl (C=O) groups is 3. The van der Waals surface area contributed by atoms with Gasteiger partial charge in [0.2, 0.25) is 5.91 Å². The summed E-state index contributed by atoms with van der Waals surface area (Å²) in [6.07, 6.45) is 0.191. The maximum atomic E-state index is 12.6. The van der Waals surface area contributed by atoms with Crippen molar-refractivity contribution in [3.05, 3.63) is 33.8 Å². The average molecular weight is 387 g/mol. The van der Waals surface area contributed by atoms with Crippen LogP contribution in [0.1, 0.15) is 30.1 Å². The molecule has 0 bridgehead atoms. The number of benzene rings is 1. The van der Waals surface area contributed by atoms with Gasteiger partial charge in [0.25, 0.3) is 5.91 Å². The van der Waals surface area contributed by atoms with Crippen molar-refractivity contribution in [3.63, 3.8) is 0 Å². The largest absolute Gasteiger partial charge is 0.466 e. The Kier molecular flexibility index (Phi) is 7.08. The Morgan fingerprint density at radius 2 is 1.68 bits per heavy atom. The van der Waals surface area contributed by atoms with E-state index in [1.54, 1.807) is 34.9 Å². The summed E-state index contributed by atoms with van der Waals surface area (Å²) in [7, 11) is 0. The minimum absolute atomic E-state index is 0.0734. The van der Waals surface area contributed by atoms with E-state index in [0.29, 0.717) is 48.4 Å². The van der Waals surface area contributed by atoms with Crippen LogP contribution >= 0.6 is 23.2 Å². The van der Waals surface area contributed by atoms with Gasteiger partial charge < -0.3 is 14.5 Å². The van der Waals surface area contributed by atoms with Crippen LogP contribution in [-0.4, -0.2) is 60.4 Å². The Morgan fingerprint density at radius 3 is 2.32 bits per heavy atom. The topological polar surface area (TPSA) is 66.9 Å². The second-order valence-electron chi connectivity index (χ2n) is 5.60. The third-order valence-corrected chi connectivity index (χ3v) is 4.49. The summed E-state index contributed by atoms with van der Waals surface area (Å²) < 4.78 is 4.81. The summed E-state index contributed by atoms with van der Waals surface area (Å²) >= 11 is 12.0. The maximum absolute atomic E-state index is 12.6. The number of hydrogen-bond donors (Lipinski definition) is 0. The summed E-state index contributed by atoms with van der Waals surface area (Å²) in [5.74, 6) is -0.688. The fourth-order valence-electron chi connectivity index (χ4n) is 2.59. The van der Waals surface area contributed by atoms with Gasteiger partial charge in [-0.15, -0.1) is 0 Å². The number of amides is 2. The van der Waals surface area contributed by atoms with Gasteiger partial charge in [0.15, 0.2) is 0 Å². The van der Waals surface area contributed by atoms with E-state index in [-0.39, 0.29) is 30.6 Å². The Hall–Kier alpha value is -1.79. The first-order valence-corrected chi connectivity index (χ1v) is 8.85. The molecule has 1 aliphatic heterocycles. The number of piperazine rings is 1. The summed E-state index contributed by atoms with van der Waals surface area (Å²) in [5, 5.41) is 0.794. The highest BCUT2D eigenvalue weighted by molar-refractivity contribution is 6.35. The molecule has 0 atom stereocenters. The standard InChI is InChI=1S/C17H20Cl2N2O4/c1-2-25-16(23)6-5-15(22)20-7-9-21(10-8-20)17(24)13-11-12(18)3-4-14(13)19/h3-4,11H,2,5-10H2,1H3. The van der Waals surface area contributed by atoms with Crippen LogP contribution in [0.3, 0.4) is 0 Å². The molecule has 0 saturated carbocycles. The zero-order valence-corrected chi connectivity index (χ0v) is 15.5. The quantitative estimate of drug-likeness (QED) is 0.729. The normalized spacial score (nSPS) is 14.4. The number of halogens is 2. The van der Waals surface area contributed by atoms with Crippen LogP contribution < -0.4 is 0 Å². The summed E-state index contributed by atoms with van der Waals surface area (Å²) in [6.45, 7) is 3.69. The third kappa shape index (κ3) is 5.34. The van der Waals surface area contributed by atoms with Crippen molar-refractivity contribution < 1.29 is 19.1 Å². The third-order valence-electron chi connectivity index (χ3n) is 3.93. The molecule has 1 aliphatic rings. The number of esters is 1. The van der Waals surface area contributed by atoms with Crippen LogP contribution in [0.15, 0.2) is 18.2 Å². The molecule has 1 heterocycles. The number of ether oxygens (including phenoxy) is 1. The van der Waals surface area contributed by atoms with Crippen molar-refractivity contribution in [2.45, 2.75) is 19.8 Å². The predicted octanol–water partition coefficient (Wildman–Crippen LogP) is 2.62. The number of hydrogen-bond acceptors (Lipinski definition) is 4. The molecular weight excluding hydrogens is 367 g/mol. The van der Waals surface area contributed by atoms with Crippen molar-refractivity contribution in [3.8, 4) is 0 Å². The molecule has 136 valence electrons. The van der Waals surface area contributed by atoms with Gasteiger partial charge in [0.1, 0.15) is 0 Å². The predicted molar refractivity (Wildman–Crippen MR) is 94.8 cm³/mol. The van der Waals surface area contributed by atoms with Gasteiger partial charge >= 0.3 is 5.97 Å². The Bertz CT molecular complexity index is 658. The maximum Gasteiger partial charge on any atom is 0.306 e. The first-order chi connectivity index (χ1) is 11.9. The number of nitrogens with zero attached hydrogens (tertiary/aromatic N) is 2. The molecule has 0 radical (unpaired) electrons. The molecule has 25 heavy (non-hydrogen) atoms. The highest BCUT2D eigenvalue weighted by Gasteiger charge is 2.26. The van der Waals surface area contributed by atoms with Crippen LogP contribution in [-0.2, 0) is 14.3 Å².